The first-order valence-corrected chi connectivity index (χ1v) is 7.49. The zero-order chi connectivity index (χ0) is 13.4. The number of benzene rings is 2. The number of nitrogens with zero attached hydrogens (tertiary/aromatic N) is 1. The van der Waals surface area contributed by atoms with E-state index >= 15 is 0 Å². The second-order valence-electron chi connectivity index (χ2n) is 5.45. The highest BCUT2D eigenvalue weighted by Crippen LogP contribution is 2.28. The number of aryl methyl sites for hydroxylation is 2. The van der Waals surface area contributed by atoms with E-state index in [4.69, 9.17) is 0 Å². The van der Waals surface area contributed by atoms with Crippen LogP contribution in [0, 0.1) is 0 Å². The molecule has 0 aromatic heterocycles. The van der Waals surface area contributed by atoms with Crippen LogP contribution in [0.5, 0.6) is 0 Å². The lowest BCUT2D eigenvalue weighted by Crippen LogP contribution is -2.12. The summed E-state index contributed by atoms with van der Waals surface area (Å²) in [5.74, 6) is 0. The van der Waals surface area contributed by atoms with Gasteiger partial charge in [0.15, 0.2) is 0 Å². The van der Waals surface area contributed by atoms with E-state index in [0.717, 1.165) is 10.9 Å². The third-order valence-electron chi connectivity index (χ3n) is 3.85. The molecule has 2 aromatic carbocycles. The highest BCUT2D eigenvalue weighted by Gasteiger charge is 2.13. The lowest BCUT2D eigenvalue weighted by atomic mass is 9.86. The minimum absolute atomic E-state index is 1.00. The molecule has 0 radical (unpaired) electrons. The molecule has 1 nitrogen and oxygen atoms in total. The van der Waals surface area contributed by atoms with E-state index in [9.17, 15) is 0 Å². The van der Waals surface area contributed by atoms with Crippen LogP contribution in [0.4, 0.5) is 5.69 Å². The zero-order valence-corrected chi connectivity index (χ0v) is 13.0. The molecule has 19 heavy (non-hydrogen) atoms. The summed E-state index contributed by atoms with van der Waals surface area (Å²) in [7, 11) is 4.20. The Hall–Kier alpha value is -1.28. The Bertz CT molecular complexity index is 617. The average molecular weight is 316 g/mol. The highest BCUT2D eigenvalue weighted by atomic mass is 79.9. The summed E-state index contributed by atoms with van der Waals surface area (Å²) < 4.78 is 1.15. The van der Waals surface area contributed by atoms with Gasteiger partial charge in [-0.3, -0.25) is 0 Å². The van der Waals surface area contributed by atoms with Crippen molar-refractivity contribution in [2.45, 2.75) is 19.3 Å². The summed E-state index contributed by atoms with van der Waals surface area (Å²) in [4.78, 5) is 2.18. The van der Waals surface area contributed by atoms with Gasteiger partial charge in [-0.1, -0.05) is 34.1 Å². The molecule has 0 heterocycles. The SMILES string of the molecule is CN(C)c1ccc(Br)cc1Cc1ccc2c(c1)CC2. The quantitative estimate of drug-likeness (QED) is 0.820. The topological polar surface area (TPSA) is 3.24 Å². The van der Waals surface area contributed by atoms with E-state index in [0.29, 0.717) is 0 Å². The third kappa shape index (κ3) is 2.55. The molecule has 0 saturated heterocycles. The molecule has 1 aliphatic rings. The maximum absolute atomic E-state index is 3.58. The summed E-state index contributed by atoms with van der Waals surface area (Å²) in [6, 6.07) is 13.5. The molecule has 0 saturated carbocycles. The molecule has 98 valence electrons. The van der Waals surface area contributed by atoms with Gasteiger partial charge in [0.1, 0.15) is 0 Å². The monoisotopic (exact) mass is 315 g/mol. The zero-order valence-electron chi connectivity index (χ0n) is 11.4. The van der Waals surface area contributed by atoms with Crippen molar-refractivity contribution in [3.63, 3.8) is 0 Å². The van der Waals surface area contributed by atoms with Gasteiger partial charge in [-0.25, -0.2) is 0 Å². The smallest absolute Gasteiger partial charge is 0.0397 e. The number of halogens is 1. The maximum atomic E-state index is 3.58. The third-order valence-corrected chi connectivity index (χ3v) is 4.35. The molecule has 2 heteroatoms. The fourth-order valence-electron chi connectivity index (χ4n) is 2.71. The van der Waals surface area contributed by atoms with Crippen molar-refractivity contribution in [1.29, 1.82) is 0 Å². The van der Waals surface area contributed by atoms with Crippen LogP contribution in [0.3, 0.4) is 0 Å². The summed E-state index contributed by atoms with van der Waals surface area (Å²) >= 11 is 3.58. The van der Waals surface area contributed by atoms with Crippen molar-refractivity contribution in [3.8, 4) is 0 Å². The molecule has 0 amide bonds. The molecule has 0 fully saturated rings. The van der Waals surface area contributed by atoms with Crippen molar-refractivity contribution >= 4 is 21.6 Å². The summed E-state index contributed by atoms with van der Waals surface area (Å²) in [5, 5.41) is 0. The first-order chi connectivity index (χ1) is 9.13. The molecule has 0 bridgehead atoms. The van der Waals surface area contributed by atoms with E-state index in [1.807, 2.05) is 0 Å². The van der Waals surface area contributed by atoms with Crippen molar-refractivity contribution in [2.24, 2.45) is 0 Å². The van der Waals surface area contributed by atoms with Gasteiger partial charge in [-0.15, -0.1) is 0 Å². The van der Waals surface area contributed by atoms with Gasteiger partial charge >= 0.3 is 0 Å². The van der Waals surface area contributed by atoms with Gasteiger partial charge in [-0.2, -0.15) is 0 Å². The van der Waals surface area contributed by atoms with Crippen LogP contribution in [0.25, 0.3) is 0 Å². The molecule has 0 N–H and O–H groups in total. The van der Waals surface area contributed by atoms with E-state index < -0.39 is 0 Å². The predicted octanol–water partition coefficient (Wildman–Crippen LogP) is 4.20. The Morgan fingerprint density at radius 1 is 1.00 bits per heavy atom. The first kappa shape index (κ1) is 12.7. The van der Waals surface area contributed by atoms with Crippen molar-refractivity contribution in [2.75, 3.05) is 19.0 Å². The van der Waals surface area contributed by atoms with Gasteiger partial charge in [0.25, 0.3) is 0 Å². The standard InChI is InChI=1S/C17H18BrN/c1-19(2)17-8-7-16(18)11-15(17)10-12-3-4-13-5-6-14(13)9-12/h3-4,7-9,11H,5-6,10H2,1-2H3. The lowest BCUT2D eigenvalue weighted by Gasteiger charge is -2.21. The fourth-order valence-corrected chi connectivity index (χ4v) is 3.12. The van der Waals surface area contributed by atoms with Crippen molar-refractivity contribution in [3.05, 3.63) is 63.1 Å². The normalized spacial score (nSPS) is 12.8. The molecule has 0 atom stereocenters. The molecule has 0 unspecified atom stereocenters. The number of hydrogen-bond donors (Lipinski definition) is 0. The van der Waals surface area contributed by atoms with Crippen LogP contribution < -0.4 is 4.90 Å². The maximum Gasteiger partial charge on any atom is 0.0397 e. The van der Waals surface area contributed by atoms with Crippen LogP contribution in [0.15, 0.2) is 40.9 Å². The van der Waals surface area contributed by atoms with Crippen LogP contribution in [0.1, 0.15) is 22.3 Å². The van der Waals surface area contributed by atoms with Crippen LogP contribution in [0.2, 0.25) is 0 Å². The predicted molar refractivity (Wildman–Crippen MR) is 85.1 cm³/mol. The van der Waals surface area contributed by atoms with Crippen molar-refractivity contribution < 1.29 is 0 Å². The van der Waals surface area contributed by atoms with E-state index in [-0.39, 0.29) is 0 Å². The Balaban J connectivity index is 1.93. The summed E-state index contributed by atoms with van der Waals surface area (Å²) in [5.41, 5.74) is 7.16. The largest absolute Gasteiger partial charge is 0.377 e. The minimum atomic E-state index is 1.00. The van der Waals surface area contributed by atoms with E-state index in [1.54, 1.807) is 5.56 Å². The van der Waals surface area contributed by atoms with E-state index in [2.05, 4.69) is 71.3 Å². The van der Waals surface area contributed by atoms with Gasteiger partial charge < -0.3 is 4.90 Å². The van der Waals surface area contributed by atoms with Crippen LogP contribution in [-0.2, 0) is 19.3 Å². The molecule has 0 aliphatic heterocycles. The highest BCUT2D eigenvalue weighted by molar-refractivity contribution is 9.10. The number of rotatable bonds is 3. The van der Waals surface area contributed by atoms with Crippen molar-refractivity contribution in [1.82, 2.24) is 0 Å². The Kier molecular flexibility index (Phi) is 3.36. The number of fused-ring (bicyclic) bond motifs is 1. The second-order valence-corrected chi connectivity index (χ2v) is 6.36. The first-order valence-electron chi connectivity index (χ1n) is 6.70. The molecule has 3 rings (SSSR count). The fraction of sp³-hybridized carbons (Fsp3) is 0.294. The van der Waals surface area contributed by atoms with Gasteiger partial charge in [0, 0.05) is 24.3 Å². The van der Waals surface area contributed by atoms with Gasteiger partial charge in [-0.05, 0) is 59.7 Å². The molecular weight excluding hydrogens is 298 g/mol. The summed E-state index contributed by atoms with van der Waals surface area (Å²) in [6.45, 7) is 0. The summed E-state index contributed by atoms with van der Waals surface area (Å²) in [6.07, 6.45) is 3.51. The van der Waals surface area contributed by atoms with Crippen LogP contribution in [-0.4, -0.2) is 14.1 Å². The molecule has 2 aromatic rings. The van der Waals surface area contributed by atoms with Crippen LogP contribution >= 0.6 is 15.9 Å². The second kappa shape index (κ2) is 5.01. The molecule has 1 aliphatic carbocycles. The molecular formula is C17H18BrN. The lowest BCUT2D eigenvalue weighted by molar-refractivity contribution is 0.834. The van der Waals surface area contributed by atoms with Gasteiger partial charge in [0.2, 0.25) is 0 Å². The van der Waals surface area contributed by atoms with Gasteiger partial charge in [0.05, 0.1) is 0 Å². The Morgan fingerprint density at radius 2 is 1.79 bits per heavy atom. The Morgan fingerprint density at radius 3 is 2.42 bits per heavy atom. The van der Waals surface area contributed by atoms with E-state index in [1.165, 1.54) is 35.2 Å². The number of anilines is 1. The molecule has 0 spiro atoms. The number of hydrogen-bond acceptors (Lipinski definition) is 1. The minimum Gasteiger partial charge on any atom is -0.377 e. The Labute approximate surface area is 123 Å². The average Bonchev–Trinajstić information content (AvgIpc) is 2.32.